The number of halogens is 1. The van der Waals surface area contributed by atoms with Crippen molar-refractivity contribution in [1.29, 1.82) is 0 Å². The number of rotatable bonds is 4. The third kappa shape index (κ3) is 3.35. The van der Waals surface area contributed by atoms with Crippen molar-refractivity contribution in [3.8, 4) is 11.4 Å². The third-order valence-corrected chi connectivity index (χ3v) is 5.30. The molecule has 0 bridgehead atoms. The largest absolute Gasteiger partial charge is 0.487 e. The van der Waals surface area contributed by atoms with E-state index in [-0.39, 0.29) is 23.9 Å². The van der Waals surface area contributed by atoms with Gasteiger partial charge in [0.15, 0.2) is 0 Å². The van der Waals surface area contributed by atoms with Crippen molar-refractivity contribution in [3.63, 3.8) is 0 Å². The molecule has 0 spiro atoms. The molecule has 6 nitrogen and oxygen atoms in total. The summed E-state index contributed by atoms with van der Waals surface area (Å²) >= 11 is 0. The molecule has 7 heteroatoms. The molecule has 30 heavy (non-hydrogen) atoms. The molecule has 1 fully saturated rings. The third-order valence-electron chi connectivity index (χ3n) is 5.30. The van der Waals surface area contributed by atoms with E-state index in [0.717, 1.165) is 29.3 Å². The Bertz CT molecular complexity index is 1400. The van der Waals surface area contributed by atoms with Gasteiger partial charge in [-0.15, -0.1) is 0 Å². The number of nitrogens with zero attached hydrogens (tertiary/aromatic N) is 3. The van der Waals surface area contributed by atoms with Crippen molar-refractivity contribution in [3.05, 3.63) is 82.3 Å². The number of anilines is 1. The Morgan fingerprint density at radius 3 is 3.10 bits per heavy atom. The van der Waals surface area contributed by atoms with E-state index in [1.165, 1.54) is 16.8 Å². The minimum atomic E-state index is -2.60. The van der Waals surface area contributed by atoms with Crippen molar-refractivity contribution >= 4 is 5.69 Å². The van der Waals surface area contributed by atoms with E-state index in [1.807, 2.05) is 0 Å². The zero-order valence-corrected chi connectivity index (χ0v) is 15.8. The minimum absolute atomic E-state index is 0.0312. The average molecular weight is 414 g/mol. The molecule has 154 valence electrons. The van der Waals surface area contributed by atoms with Gasteiger partial charge in [-0.2, -0.15) is 0 Å². The van der Waals surface area contributed by atoms with Gasteiger partial charge in [-0.25, -0.2) is 4.39 Å². The Labute approximate surface area is 183 Å². The lowest BCUT2D eigenvalue weighted by Gasteiger charge is -2.31. The molecule has 1 aromatic carbocycles. The average Bonchev–Trinajstić information content (AvgIpc) is 3.15. The summed E-state index contributed by atoms with van der Waals surface area (Å²) in [4.78, 5) is 17.8. The summed E-state index contributed by atoms with van der Waals surface area (Å²) in [5.74, 6) is -1.07. The van der Waals surface area contributed by atoms with Crippen molar-refractivity contribution in [1.82, 2.24) is 14.9 Å². The van der Waals surface area contributed by atoms with Gasteiger partial charge < -0.3 is 15.0 Å². The Morgan fingerprint density at radius 1 is 1.37 bits per heavy atom. The van der Waals surface area contributed by atoms with Gasteiger partial charge in [0.25, 0.3) is 5.56 Å². The first-order valence-corrected chi connectivity index (χ1v) is 9.46. The summed E-state index contributed by atoms with van der Waals surface area (Å²) in [6.07, 6.45) is 0.448. The number of hydrogen-bond donors (Lipinski definition) is 1. The number of hydrogen-bond acceptors (Lipinski definition) is 5. The maximum absolute atomic E-state index is 13.1. The van der Waals surface area contributed by atoms with Crippen LogP contribution >= 0.6 is 0 Å². The van der Waals surface area contributed by atoms with Crippen molar-refractivity contribution in [2.75, 3.05) is 25.0 Å². The smallest absolute Gasteiger partial charge is 0.258 e. The Morgan fingerprint density at radius 2 is 2.30 bits per heavy atom. The molecule has 2 aliphatic heterocycles. The van der Waals surface area contributed by atoms with Gasteiger partial charge >= 0.3 is 0 Å². The number of ether oxygens (including phenoxy) is 1. The van der Waals surface area contributed by atoms with E-state index in [9.17, 15) is 9.18 Å². The van der Waals surface area contributed by atoms with Crippen LogP contribution in [0.4, 0.5) is 10.1 Å². The Kier molecular flexibility index (Phi) is 3.15. The second kappa shape index (κ2) is 7.57. The summed E-state index contributed by atoms with van der Waals surface area (Å²) in [6, 6.07) is 8.70. The predicted octanol–water partition coefficient (Wildman–Crippen LogP) is 2.85. The van der Waals surface area contributed by atoms with Gasteiger partial charge in [-0.3, -0.25) is 14.3 Å². The highest BCUT2D eigenvalue weighted by molar-refractivity contribution is 5.65. The molecular formula is C23H23FN4O2. The maximum atomic E-state index is 13.1. The van der Waals surface area contributed by atoms with E-state index in [0.29, 0.717) is 23.5 Å². The molecule has 3 aromatic rings. The second-order valence-corrected chi connectivity index (χ2v) is 7.14. The molecule has 5 rings (SSSR count). The second-order valence-electron chi connectivity index (χ2n) is 7.14. The van der Waals surface area contributed by atoms with E-state index < -0.39 is 37.3 Å². The molecule has 0 saturated carbocycles. The number of nitrogens with one attached hydrogen (secondary N) is 1. The van der Waals surface area contributed by atoms with Crippen LogP contribution in [-0.4, -0.2) is 35.7 Å². The standard InChI is InChI=1S/C23H23FN4O2/c1-27-21-6-8-25-13-20(21)19-5-4-17(10-22(19)27)28-9-7-18(11-23(28)29)30-14-16-3-2-15(24)12-26-16/h2-5,7,9-12,20-21,25H,6,8,13-14H2,1H3/i1D3,6D2,14D2. The first kappa shape index (κ1) is 12.5. The number of fused-ring (bicyclic) bond motifs is 3. The van der Waals surface area contributed by atoms with Crippen LogP contribution in [0.2, 0.25) is 0 Å². The molecule has 2 aliphatic rings. The maximum Gasteiger partial charge on any atom is 0.258 e. The van der Waals surface area contributed by atoms with Crippen molar-refractivity contribution < 1.29 is 18.7 Å². The highest BCUT2D eigenvalue weighted by atomic mass is 19.1. The van der Waals surface area contributed by atoms with Gasteiger partial charge in [0, 0.05) is 50.3 Å². The lowest BCUT2D eigenvalue weighted by atomic mass is 9.90. The summed E-state index contributed by atoms with van der Waals surface area (Å²) in [7, 11) is 0. The van der Waals surface area contributed by atoms with Crippen LogP contribution in [-0.2, 0) is 6.56 Å². The van der Waals surface area contributed by atoms with Crippen LogP contribution in [0.15, 0.2) is 59.7 Å². The van der Waals surface area contributed by atoms with E-state index in [4.69, 9.17) is 14.3 Å². The molecule has 1 N–H and O–H groups in total. The fourth-order valence-electron chi connectivity index (χ4n) is 3.85. The quantitative estimate of drug-likeness (QED) is 0.713. The van der Waals surface area contributed by atoms with Gasteiger partial charge in [0.05, 0.1) is 20.3 Å². The van der Waals surface area contributed by atoms with Crippen LogP contribution in [0.1, 0.15) is 33.1 Å². The topological polar surface area (TPSA) is 59.4 Å². The number of benzene rings is 1. The first-order chi connectivity index (χ1) is 17.3. The predicted molar refractivity (Wildman–Crippen MR) is 113 cm³/mol. The summed E-state index contributed by atoms with van der Waals surface area (Å²) in [6.45, 7) is -4.56. The summed E-state index contributed by atoms with van der Waals surface area (Å²) < 4.78 is 77.1. The van der Waals surface area contributed by atoms with Gasteiger partial charge in [-0.1, -0.05) is 6.07 Å². The summed E-state index contributed by atoms with van der Waals surface area (Å²) in [5.41, 5.74) is 0.658. The molecule has 2 atom stereocenters. The molecule has 1 saturated heterocycles. The van der Waals surface area contributed by atoms with E-state index in [2.05, 4.69) is 10.3 Å². The Balaban J connectivity index is 1.48. The fourth-order valence-corrected chi connectivity index (χ4v) is 3.85. The van der Waals surface area contributed by atoms with Crippen LogP contribution in [0.25, 0.3) is 5.69 Å². The lowest BCUT2D eigenvalue weighted by Crippen LogP contribution is -2.42. The zero-order valence-electron chi connectivity index (χ0n) is 22.8. The number of piperidine rings is 1. The summed E-state index contributed by atoms with van der Waals surface area (Å²) in [5, 5.41) is 3.05. The normalized spacial score (nSPS) is 26.0. The van der Waals surface area contributed by atoms with Gasteiger partial charge in [0.1, 0.15) is 18.1 Å². The molecule has 0 radical (unpaired) electrons. The lowest BCUT2D eigenvalue weighted by molar-refractivity contribution is 0.300. The van der Waals surface area contributed by atoms with Gasteiger partial charge in [0.2, 0.25) is 0 Å². The molecule has 2 aromatic heterocycles. The molecular weight excluding hydrogens is 383 g/mol. The van der Waals surface area contributed by atoms with Crippen LogP contribution < -0.4 is 20.5 Å². The van der Waals surface area contributed by atoms with Crippen LogP contribution in [0, 0.1) is 5.82 Å². The van der Waals surface area contributed by atoms with E-state index in [1.54, 1.807) is 18.2 Å². The first-order valence-electron chi connectivity index (χ1n) is 13.0. The van der Waals surface area contributed by atoms with E-state index >= 15 is 0 Å². The van der Waals surface area contributed by atoms with Crippen molar-refractivity contribution in [2.24, 2.45) is 0 Å². The fraction of sp³-hybridized carbons (Fsp3) is 0.304. The van der Waals surface area contributed by atoms with Crippen LogP contribution in [0.5, 0.6) is 5.75 Å². The molecule has 0 aliphatic carbocycles. The molecule has 0 amide bonds. The minimum Gasteiger partial charge on any atom is -0.487 e. The number of aromatic nitrogens is 2. The van der Waals surface area contributed by atoms with Gasteiger partial charge in [-0.05, 0) is 48.8 Å². The highest BCUT2D eigenvalue weighted by Gasteiger charge is 2.37. The number of pyridine rings is 2. The highest BCUT2D eigenvalue weighted by Crippen LogP contribution is 2.42. The SMILES string of the molecule is [2H]C([2H])(Oc1ccn(-c2ccc3c(c2)N(C([2H])([2H])[2H])C2C3CNCC2([2H])[2H])c(=O)c1)c1ccc(F)cn1. The molecule has 2 unspecified atom stereocenters. The van der Waals surface area contributed by atoms with Crippen LogP contribution in [0.3, 0.4) is 0 Å². The zero-order chi connectivity index (χ0) is 26.8. The monoisotopic (exact) mass is 413 g/mol. The van der Waals surface area contributed by atoms with Crippen molar-refractivity contribution in [2.45, 2.75) is 24.9 Å². The Hall–Kier alpha value is -3.19. The molecule has 4 heterocycles. The number of likely N-dealkylation sites (N-methyl/N-ethyl adjacent to an activating group) is 1.